The highest BCUT2D eigenvalue weighted by atomic mass is 19.4. The number of ether oxygens (including phenoxy) is 2. The van der Waals surface area contributed by atoms with Crippen LogP contribution in [0.3, 0.4) is 0 Å². The fraction of sp³-hybridized carbons (Fsp3) is 0.500. The molecule has 1 spiro atoms. The summed E-state index contributed by atoms with van der Waals surface area (Å²) in [6.45, 7) is 7.30. The van der Waals surface area contributed by atoms with Crippen LogP contribution in [0.2, 0.25) is 0 Å². The molecule has 44 heavy (non-hydrogen) atoms. The minimum Gasteiger partial charge on any atom is -0.478 e. The standard InChI is InChI=1S/C32H37F3N6O3/c1-3-18-44-26-10-9-25(28(39-26)32(33,34)35)40-16-12-31(13-17-40)20-41(21-11-15-36-19-21)30(42)27-23(31)7-8-24(38-27)22-6-5-14-37-29(22)43-4-2/h5-10,14,21,36H,3-4,11-13,15-20H2,1-2H3. The lowest BCUT2D eigenvalue weighted by atomic mass is 9.69. The lowest BCUT2D eigenvalue weighted by molar-refractivity contribution is -0.140. The molecular formula is C32H37F3N6O3. The molecule has 3 aromatic heterocycles. The summed E-state index contributed by atoms with van der Waals surface area (Å²) in [5, 5.41) is 3.36. The largest absolute Gasteiger partial charge is 0.478 e. The predicted molar refractivity (Wildman–Crippen MR) is 159 cm³/mol. The van der Waals surface area contributed by atoms with Crippen LogP contribution in [0.4, 0.5) is 18.9 Å². The number of rotatable bonds is 8. The number of hydrogen-bond acceptors (Lipinski definition) is 8. The Hall–Kier alpha value is -3.93. The van der Waals surface area contributed by atoms with Crippen molar-refractivity contribution in [2.24, 2.45) is 0 Å². The fourth-order valence-corrected chi connectivity index (χ4v) is 6.64. The highest BCUT2D eigenvalue weighted by Gasteiger charge is 2.48. The normalized spacial score (nSPS) is 19.8. The van der Waals surface area contributed by atoms with Crippen molar-refractivity contribution in [3.05, 3.63) is 59.5 Å². The van der Waals surface area contributed by atoms with Crippen LogP contribution in [0, 0.1) is 0 Å². The van der Waals surface area contributed by atoms with Crippen LogP contribution < -0.4 is 19.7 Å². The van der Waals surface area contributed by atoms with Crippen LogP contribution in [0.15, 0.2) is 42.6 Å². The first kappa shape index (κ1) is 30.1. The minimum absolute atomic E-state index is 0.0278. The van der Waals surface area contributed by atoms with E-state index in [4.69, 9.17) is 14.5 Å². The van der Waals surface area contributed by atoms with Crippen molar-refractivity contribution in [1.29, 1.82) is 0 Å². The molecule has 1 N–H and O–H groups in total. The van der Waals surface area contributed by atoms with Crippen LogP contribution in [0.1, 0.15) is 61.3 Å². The zero-order valence-electron chi connectivity index (χ0n) is 25.0. The van der Waals surface area contributed by atoms with Gasteiger partial charge in [0.05, 0.1) is 30.2 Å². The number of nitrogens with zero attached hydrogens (tertiary/aromatic N) is 5. The van der Waals surface area contributed by atoms with Crippen molar-refractivity contribution in [3.63, 3.8) is 0 Å². The number of pyridine rings is 3. The van der Waals surface area contributed by atoms with Crippen molar-refractivity contribution in [2.45, 2.75) is 57.2 Å². The molecule has 234 valence electrons. The first-order chi connectivity index (χ1) is 21.2. The van der Waals surface area contributed by atoms with Crippen molar-refractivity contribution in [1.82, 2.24) is 25.2 Å². The van der Waals surface area contributed by atoms with Crippen molar-refractivity contribution >= 4 is 11.6 Å². The molecule has 1 atom stereocenters. The highest BCUT2D eigenvalue weighted by molar-refractivity contribution is 5.96. The first-order valence-electron chi connectivity index (χ1n) is 15.3. The first-order valence-corrected chi connectivity index (χ1v) is 15.3. The number of anilines is 1. The van der Waals surface area contributed by atoms with Gasteiger partial charge in [0.1, 0.15) is 5.69 Å². The molecular weight excluding hydrogens is 573 g/mol. The van der Waals surface area contributed by atoms with E-state index in [2.05, 4.69) is 15.3 Å². The predicted octanol–water partition coefficient (Wildman–Crippen LogP) is 5.10. The molecule has 0 aliphatic carbocycles. The second kappa shape index (κ2) is 12.2. The maximum Gasteiger partial charge on any atom is 0.435 e. The van der Waals surface area contributed by atoms with E-state index in [-0.39, 0.29) is 23.5 Å². The second-order valence-corrected chi connectivity index (χ2v) is 11.6. The number of hydrogen-bond donors (Lipinski definition) is 1. The summed E-state index contributed by atoms with van der Waals surface area (Å²) < 4.78 is 53.6. The number of fused-ring (bicyclic) bond motifs is 2. The molecule has 6 rings (SSSR count). The number of piperidine rings is 1. The number of halogens is 3. The Bertz CT molecular complexity index is 1500. The number of carbonyl (C=O) groups is 1. The number of carbonyl (C=O) groups excluding carboxylic acids is 1. The van der Waals surface area contributed by atoms with Gasteiger partial charge in [0.2, 0.25) is 11.8 Å². The molecule has 2 fully saturated rings. The van der Waals surface area contributed by atoms with E-state index < -0.39 is 17.3 Å². The van der Waals surface area contributed by atoms with Crippen LogP contribution in [0.5, 0.6) is 11.8 Å². The van der Waals surface area contributed by atoms with Gasteiger partial charge in [0, 0.05) is 49.9 Å². The topological polar surface area (TPSA) is 92.7 Å². The summed E-state index contributed by atoms with van der Waals surface area (Å²) in [5.74, 6) is 0.308. The smallest absolute Gasteiger partial charge is 0.435 e. The van der Waals surface area contributed by atoms with Gasteiger partial charge in [0.25, 0.3) is 5.91 Å². The van der Waals surface area contributed by atoms with Crippen molar-refractivity contribution in [2.75, 3.05) is 50.8 Å². The molecule has 3 aliphatic heterocycles. The van der Waals surface area contributed by atoms with Crippen LogP contribution >= 0.6 is 0 Å². The third-order valence-corrected chi connectivity index (χ3v) is 8.84. The van der Waals surface area contributed by atoms with Gasteiger partial charge in [0.15, 0.2) is 5.69 Å². The molecule has 1 unspecified atom stereocenters. The van der Waals surface area contributed by atoms with E-state index >= 15 is 0 Å². The number of alkyl halides is 3. The molecule has 0 bridgehead atoms. The van der Waals surface area contributed by atoms with E-state index in [1.54, 1.807) is 17.2 Å². The maximum absolute atomic E-state index is 14.2. The van der Waals surface area contributed by atoms with Gasteiger partial charge in [-0.3, -0.25) is 4.79 Å². The van der Waals surface area contributed by atoms with Gasteiger partial charge < -0.3 is 24.6 Å². The Morgan fingerprint density at radius 3 is 2.59 bits per heavy atom. The molecule has 0 aromatic carbocycles. The van der Waals surface area contributed by atoms with Crippen LogP contribution in [-0.4, -0.2) is 77.7 Å². The van der Waals surface area contributed by atoms with E-state index in [0.29, 0.717) is 81.5 Å². The number of amides is 1. The second-order valence-electron chi connectivity index (χ2n) is 11.6. The van der Waals surface area contributed by atoms with Gasteiger partial charge >= 0.3 is 6.18 Å². The Labute approximate surface area is 254 Å². The van der Waals surface area contributed by atoms with E-state index in [1.165, 1.54) is 12.1 Å². The zero-order chi connectivity index (χ0) is 30.9. The summed E-state index contributed by atoms with van der Waals surface area (Å²) in [6, 6.07) is 10.6. The summed E-state index contributed by atoms with van der Waals surface area (Å²) in [6.07, 6.45) is -0.336. The molecule has 1 amide bonds. The Morgan fingerprint density at radius 2 is 1.89 bits per heavy atom. The lowest BCUT2D eigenvalue weighted by Crippen LogP contribution is -2.57. The van der Waals surface area contributed by atoms with Crippen molar-refractivity contribution in [3.8, 4) is 23.0 Å². The van der Waals surface area contributed by atoms with Gasteiger partial charge in [-0.1, -0.05) is 13.0 Å². The Morgan fingerprint density at radius 1 is 1.07 bits per heavy atom. The monoisotopic (exact) mass is 610 g/mol. The third kappa shape index (κ3) is 5.67. The van der Waals surface area contributed by atoms with Gasteiger partial charge in [-0.05, 0) is 69.0 Å². The van der Waals surface area contributed by atoms with Crippen LogP contribution in [-0.2, 0) is 11.6 Å². The fourth-order valence-electron chi connectivity index (χ4n) is 6.64. The zero-order valence-corrected chi connectivity index (χ0v) is 25.0. The lowest BCUT2D eigenvalue weighted by Gasteiger charge is -2.49. The summed E-state index contributed by atoms with van der Waals surface area (Å²) >= 11 is 0. The van der Waals surface area contributed by atoms with E-state index in [0.717, 1.165) is 18.5 Å². The van der Waals surface area contributed by atoms with E-state index in [1.807, 2.05) is 36.9 Å². The van der Waals surface area contributed by atoms with Gasteiger partial charge in [-0.25, -0.2) is 15.0 Å². The molecule has 0 radical (unpaired) electrons. The molecule has 2 saturated heterocycles. The average molecular weight is 611 g/mol. The third-order valence-electron chi connectivity index (χ3n) is 8.84. The highest BCUT2D eigenvalue weighted by Crippen LogP contribution is 2.45. The maximum atomic E-state index is 14.2. The van der Waals surface area contributed by atoms with E-state index in [9.17, 15) is 18.0 Å². The van der Waals surface area contributed by atoms with Crippen LogP contribution in [0.25, 0.3) is 11.3 Å². The molecule has 9 nitrogen and oxygen atoms in total. The Balaban J connectivity index is 1.34. The Kier molecular flexibility index (Phi) is 8.36. The minimum atomic E-state index is -4.63. The molecule has 12 heteroatoms. The SMILES string of the molecule is CCCOc1ccc(N2CCC3(CC2)CN(C2CCNC2)C(=O)c2nc(-c4cccnc4OCC)ccc23)c(C(F)(F)F)n1. The quantitative estimate of drug-likeness (QED) is 0.377. The molecule has 6 heterocycles. The number of aromatic nitrogens is 3. The van der Waals surface area contributed by atoms with Crippen molar-refractivity contribution < 1.29 is 27.4 Å². The summed E-state index contributed by atoms with van der Waals surface area (Å²) in [7, 11) is 0. The summed E-state index contributed by atoms with van der Waals surface area (Å²) in [5.41, 5.74) is 1.22. The molecule has 3 aliphatic rings. The molecule has 0 saturated carbocycles. The van der Waals surface area contributed by atoms with Gasteiger partial charge in [-0.15, -0.1) is 0 Å². The molecule has 3 aromatic rings. The average Bonchev–Trinajstić information content (AvgIpc) is 3.57. The van der Waals surface area contributed by atoms with Gasteiger partial charge in [-0.2, -0.15) is 13.2 Å². The number of nitrogens with one attached hydrogen (secondary N) is 1. The summed E-state index contributed by atoms with van der Waals surface area (Å²) in [4.78, 5) is 30.8.